The minimum Gasteiger partial charge on any atom is -0.390 e. The second-order valence-electron chi connectivity index (χ2n) is 5.37. The van der Waals surface area contributed by atoms with Crippen LogP contribution < -0.4 is 5.32 Å². The molecule has 8 heteroatoms. The number of carbonyl (C=O) groups is 1. The summed E-state index contributed by atoms with van der Waals surface area (Å²) in [4.78, 5) is 12.1. The smallest absolute Gasteiger partial charge is 0.258 e. The quantitative estimate of drug-likeness (QED) is 0.501. The lowest BCUT2D eigenvalue weighted by atomic mass is 10.1. The molecule has 1 aliphatic rings. The molecule has 0 fully saturated rings. The van der Waals surface area contributed by atoms with E-state index in [2.05, 4.69) is 5.32 Å². The number of hydrogen-bond acceptors (Lipinski definition) is 2. The second-order valence-corrected chi connectivity index (χ2v) is 5.37. The molecule has 0 aliphatic heterocycles. The summed E-state index contributed by atoms with van der Waals surface area (Å²) < 4.78 is 66.8. The fraction of sp³-hybridized carbons (Fsp3) is 0.188. The molecular formula is C16H10F5NO2. The maximum Gasteiger partial charge on any atom is 0.258 e. The van der Waals surface area contributed by atoms with E-state index in [4.69, 9.17) is 0 Å². The van der Waals surface area contributed by atoms with Gasteiger partial charge in [-0.15, -0.1) is 0 Å². The highest BCUT2D eigenvalue weighted by molar-refractivity contribution is 5.95. The molecule has 0 radical (unpaired) electrons. The van der Waals surface area contributed by atoms with Crippen molar-refractivity contribution >= 4 is 5.91 Å². The summed E-state index contributed by atoms with van der Waals surface area (Å²) in [6.45, 7) is 0. The summed E-state index contributed by atoms with van der Waals surface area (Å²) in [5.74, 6) is -12.7. The van der Waals surface area contributed by atoms with E-state index in [-0.39, 0.29) is 6.42 Å². The monoisotopic (exact) mass is 343 g/mol. The van der Waals surface area contributed by atoms with Gasteiger partial charge in [0.25, 0.3) is 5.91 Å². The van der Waals surface area contributed by atoms with Crippen LogP contribution in [0.2, 0.25) is 0 Å². The number of aliphatic hydroxyl groups excluding tert-OH is 1. The summed E-state index contributed by atoms with van der Waals surface area (Å²) in [6, 6.07) is 5.62. The Kier molecular flexibility index (Phi) is 4.00. The van der Waals surface area contributed by atoms with Gasteiger partial charge in [0.15, 0.2) is 23.3 Å². The number of rotatable bonds is 2. The predicted octanol–water partition coefficient (Wildman–Crippen LogP) is 2.77. The Morgan fingerprint density at radius 3 is 2.12 bits per heavy atom. The van der Waals surface area contributed by atoms with Crippen LogP contribution in [-0.2, 0) is 6.42 Å². The van der Waals surface area contributed by atoms with Crippen LogP contribution in [0.4, 0.5) is 22.0 Å². The fourth-order valence-corrected chi connectivity index (χ4v) is 2.77. The van der Waals surface area contributed by atoms with Crippen LogP contribution in [0.1, 0.15) is 27.5 Å². The number of halogens is 5. The van der Waals surface area contributed by atoms with Gasteiger partial charge in [0.2, 0.25) is 5.82 Å². The Morgan fingerprint density at radius 2 is 1.50 bits per heavy atom. The first-order chi connectivity index (χ1) is 11.3. The molecular weight excluding hydrogens is 333 g/mol. The van der Waals surface area contributed by atoms with Crippen LogP contribution in [0.15, 0.2) is 24.3 Å². The highest BCUT2D eigenvalue weighted by atomic mass is 19.2. The average Bonchev–Trinajstić information content (AvgIpc) is 2.87. The first-order valence-corrected chi connectivity index (χ1v) is 6.91. The van der Waals surface area contributed by atoms with Crippen LogP contribution >= 0.6 is 0 Å². The summed E-state index contributed by atoms with van der Waals surface area (Å²) in [6.07, 6.45) is -0.884. The van der Waals surface area contributed by atoms with Gasteiger partial charge in [0, 0.05) is 6.42 Å². The summed E-state index contributed by atoms with van der Waals surface area (Å²) >= 11 is 0. The van der Waals surface area contributed by atoms with E-state index in [1.165, 1.54) is 0 Å². The van der Waals surface area contributed by atoms with E-state index in [9.17, 15) is 31.9 Å². The molecule has 2 N–H and O–H groups in total. The van der Waals surface area contributed by atoms with Crippen molar-refractivity contribution in [3.63, 3.8) is 0 Å². The van der Waals surface area contributed by atoms with Crippen molar-refractivity contribution in [3.05, 3.63) is 70.0 Å². The first kappa shape index (κ1) is 16.4. The van der Waals surface area contributed by atoms with Crippen molar-refractivity contribution in [1.29, 1.82) is 0 Å². The summed E-state index contributed by atoms with van der Waals surface area (Å²) in [5.41, 5.74) is -0.349. The maximum absolute atomic E-state index is 13.7. The Balaban J connectivity index is 1.98. The lowest BCUT2D eigenvalue weighted by molar-refractivity contribution is 0.0847. The third kappa shape index (κ3) is 2.43. The van der Waals surface area contributed by atoms with Gasteiger partial charge in [-0.25, -0.2) is 22.0 Å². The van der Waals surface area contributed by atoms with Gasteiger partial charge in [-0.3, -0.25) is 4.79 Å². The number of nitrogens with one attached hydrogen (secondary N) is 1. The molecule has 0 bridgehead atoms. The number of fused-ring (bicyclic) bond motifs is 1. The highest BCUT2D eigenvalue weighted by Gasteiger charge is 2.35. The standard InChI is InChI=1S/C16H10F5NO2/c17-10-9(11(18)13(20)14(21)12(10)19)16(24)22-15-7-4-2-1-3-6(7)5-8(15)23/h1-4,8,15,23H,5H2,(H,22,24)/t8-,15+/m0/s1. The van der Waals surface area contributed by atoms with Crippen LogP contribution in [0, 0.1) is 29.1 Å². The van der Waals surface area contributed by atoms with Gasteiger partial charge >= 0.3 is 0 Å². The Morgan fingerprint density at radius 1 is 0.958 bits per heavy atom. The van der Waals surface area contributed by atoms with Crippen molar-refractivity contribution in [2.24, 2.45) is 0 Å². The molecule has 126 valence electrons. The molecule has 2 aromatic carbocycles. The molecule has 2 aromatic rings. The van der Waals surface area contributed by atoms with Gasteiger partial charge in [0.1, 0.15) is 5.56 Å². The Hall–Kier alpha value is -2.48. The maximum atomic E-state index is 13.7. The number of carbonyl (C=O) groups excluding carboxylic acids is 1. The SMILES string of the molecule is O=C(N[C@@H]1c2ccccc2C[C@@H]1O)c1c(F)c(F)c(F)c(F)c1F. The van der Waals surface area contributed by atoms with E-state index in [1.807, 2.05) is 0 Å². The van der Waals surface area contributed by atoms with E-state index in [0.717, 1.165) is 0 Å². The molecule has 3 rings (SSSR count). The third-order valence-corrected chi connectivity index (χ3v) is 3.93. The number of aliphatic hydroxyl groups is 1. The minimum atomic E-state index is -2.34. The van der Waals surface area contributed by atoms with Crippen LogP contribution in [0.3, 0.4) is 0 Å². The van der Waals surface area contributed by atoms with Gasteiger partial charge in [-0.05, 0) is 11.1 Å². The molecule has 24 heavy (non-hydrogen) atoms. The van der Waals surface area contributed by atoms with Crippen molar-refractivity contribution in [1.82, 2.24) is 5.32 Å². The van der Waals surface area contributed by atoms with E-state index in [0.29, 0.717) is 11.1 Å². The molecule has 0 saturated carbocycles. The Bertz CT molecular complexity index is 810. The van der Waals surface area contributed by atoms with Gasteiger partial charge in [0.05, 0.1) is 12.1 Å². The minimum absolute atomic E-state index is 0.193. The molecule has 0 aromatic heterocycles. The molecule has 0 heterocycles. The molecule has 0 spiro atoms. The van der Waals surface area contributed by atoms with Crippen molar-refractivity contribution in [2.75, 3.05) is 0 Å². The fourth-order valence-electron chi connectivity index (χ4n) is 2.77. The zero-order valence-corrected chi connectivity index (χ0v) is 11.9. The number of amides is 1. The molecule has 1 amide bonds. The molecule has 0 saturated heterocycles. The lowest BCUT2D eigenvalue weighted by Gasteiger charge is -2.18. The second kappa shape index (κ2) is 5.86. The largest absolute Gasteiger partial charge is 0.390 e. The van der Waals surface area contributed by atoms with Gasteiger partial charge < -0.3 is 10.4 Å². The van der Waals surface area contributed by atoms with E-state index < -0.39 is 52.7 Å². The normalized spacial score (nSPS) is 19.2. The van der Waals surface area contributed by atoms with E-state index >= 15 is 0 Å². The molecule has 3 nitrogen and oxygen atoms in total. The van der Waals surface area contributed by atoms with Crippen LogP contribution in [-0.4, -0.2) is 17.1 Å². The van der Waals surface area contributed by atoms with Crippen molar-refractivity contribution in [2.45, 2.75) is 18.6 Å². The first-order valence-electron chi connectivity index (χ1n) is 6.91. The van der Waals surface area contributed by atoms with Crippen LogP contribution in [0.25, 0.3) is 0 Å². The zero-order chi connectivity index (χ0) is 17.6. The van der Waals surface area contributed by atoms with Crippen LogP contribution in [0.5, 0.6) is 0 Å². The average molecular weight is 343 g/mol. The van der Waals surface area contributed by atoms with Gasteiger partial charge in [-0.1, -0.05) is 24.3 Å². The van der Waals surface area contributed by atoms with Gasteiger partial charge in [-0.2, -0.15) is 0 Å². The zero-order valence-electron chi connectivity index (χ0n) is 11.9. The highest BCUT2D eigenvalue weighted by Crippen LogP contribution is 2.32. The lowest BCUT2D eigenvalue weighted by Crippen LogP contribution is -2.35. The topological polar surface area (TPSA) is 49.3 Å². The number of benzene rings is 2. The molecule has 1 aliphatic carbocycles. The summed E-state index contributed by atoms with van der Waals surface area (Å²) in [7, 11) is 0. The number of hydrogen-bond donors (Lipinski definition) is 2. The summed E-state index contributed by atoms with van der Waals surface area (Å²) in [5, 5.41) is 12.1. The van der Waals surface area contributed by atoms with Crippen molar-refractivity contribution in [3.8, 4) is 0 Å². The molecule has 0 unspecified atom stereocenters. The molecule has 2 atom stereocenters. The third-order valence-electron chi connectivity index (χ3n) is 3.93. The van der Waals surface area contributed by atoms with E-state index in [1.54, 1.807) is 24.3 Å². The predicted molar refractivity (Wildman–Crippen MR) is 72.6 cm³/mol. The Labute approximate surface area is 132 Å². The van der Waals surface area contributed by atoms with Crippen molar-refractivity contribution < 1.29 is 31.9 Å².